The Morgan fingerprint density at radius 2 is 1.58 bits per heavy atom. The quantitative estimate of drug-likeness (QED) is 0.409. The van der Waals surface area contributed by atoms with E-state index < -0.39 is 0 Å². The summed E-state index contributed by atoms with van der Waals surface area (Å²) in [6.07, 6.45) is 11.1. The Balaban J connectivity index is 1.65. The highest BCUT2D eigenvalue weighted by atomic mass is 16.5. The van der Waals surface area contributed by atoms with Gasteiger partial charge in [-0.15, -0.1) is 6.58 Å². The molecule has 0 N–H and O–H groups in total. The Bertz CT molecular complexity index is 731. The predicted octanol–water partition coefficient (Wildman–Crippen LogP) is 5.94. The maximum atomic E-state index is 12.1. The van der Waals surface area contributed by atoms with Crippen LogP contribution in [0.15, 0.2) is 12.7 Å². The van der Waals surface area contributed by atoms with E-state index in [9.17, 15) is 9.59 Å². The van der Waals surface area contributed by atoms with Gasteiger partial charge in [0.15, 0.2) is 0 Å². The van der Waals surface area contributed by atoms with Crippen LogP contribution in [0.25, 0.3) is 0 Å². The van der Waals surface area contributed by atoms with Crippen LogP contribution in [-0.2, 0) is 19.1 Å². The lowest BCUT2D eigenvalue weighted by Crippen LogP contribution is -2.59. The van der Waals surface area contributed by atoms with Gasteiger partial charge in [-0.2, -0.15) is 0 Å². The third kappa shape index (κ3) is 3.76. The number of hydrogen-bond donors (Lipinski definition) is 0. The highest BCUT2D eigenvalue weighted by molar-refractivity contribution is 5.66. The van der Waals surface area contributed by atoms with Gasteiger partial charge in [0.05, 0.1) is 0 Å². The van der Waals surface area contributed by atoms with Gasteiger partial charge < -0.3 is 9.47 Å². The number of hydrogen-bond acceptors (Lipinski definition) is 4. The molecule has 4 unspecified atom stereocenters. The fourth-order valence-corrected chi connectivity index (χ4v) is 8.90. The molecule has 4 aliphatic rings. The fraction of sp³-hybridized carbons (Fsp3) is 0.852. The molecule has 174 valence electrons. The third-order valence-electron chi connectivity index (χ3n) is 10.3. The van der Waals surface area contributed by atoms with Crippen molar-refractivity contribution in [1.82, 2.24) is 0 Å². The number of carbonyl (C=O) groups is 2. The number of carbonyl (C=O) groups excluding carboxylic acids is 2. The Morgan fingerprint density at radius 1 is 0.935 bits per heavy atom. The molecule has 0 spiro atoms. The number of ether oxygens (including phenoxy) is 2. The molecule has 0 aliphatic heterocycles. The Kier molecular flexibility index (Phi) is 6.07. The van der Waals surface area contributed by atoms with E-state index in [0.717, 1.165) is 25.7 Å². The van der Waals surface area contributed by atoms with E-state index in [1.807, 2.05) is 0 Å². The standard InChI is InChI=1S/C27H42O4/c1-7-16(2)21-8-9-22-25-23(11-13-27(21,22)6)26(5)12-10-20(30-17(3)28)14-19(26)15-24(25)31-18(4)29/h7,16,19-25H,1,8-15H2,2-6H3/t16-,19+,20-,21?,22?,23?,24-,25?,26+,27-/m1/s1. The summed E-state index contributed by atoms with van der Waals surface area (Å²) in [5, 5.41) is 0. The summed E-state index contributed by atoms with van der Waals surface area (Å²) in [6.45, 7) is 14.5. The van der Waals surface area contributed by atoms with E-state index in [1.54, 1.807) is 6.92 Å². The first-order valence-corrected chi connectivity index (χ1v) is 12.6. The average Bonchev–Trinajstić information content (AvgIpc) is 3.04. The minimum Gasteiger partial charge on any atom is -0.463 e. The summed E-state index contributed by atoms with van der Waals surface area (Å²) in [7, 11) is 0. The molecule has 0 aromatic carbocycles. The molecule has 0 radical (unpaired) electrons. The van der Waals surface area contributed by atoms with Crippen LogP contribution in [0.4, 0.5) is 0 Å². The van der Waals surface area contributed by atoms with Crippen molar-refractivity contribution in [3.8, 4) is 0 Å². The van der Waals surface area contributed by atoms with Crippen LogP contribution < -0.4 is 0 Å². The molecule has 0 aromatic rings. The molecule has 4 rings (SSSR count). The van der Waals surface area contributed by atoms with Gasteiger partial charge in [-0.1, -0.05) is 26.8 Å². The summed E-state index contributed by atoms with van der Waals surface area (Å²) in [6, 6.07) is 0. The lowest BCUT2D eigenvalue weighted by Gasteiger charge is -2.62. The third-order valence-corrected chi connectivity index (χ3v) is 10.3. The molecule has 4 saturated carbocycles. The second kappa shape index (κ2) is 8.23. The summed E-state index contributed by atoms with van der Waals surface area (Å²) >= 11 is 0. The van der Waals surface area contributed by atoms with Crippen molar-refractivity contribution >= 4 is 11.9 Å². The van der Waals surface area contributed by atoms with Crippen molar-refractivity contribution in [2.45, 2.75) is 98.2 Å². The van der Waals surface area contributed by atoms with Crippen LogP contribution in [-0.4, -0.2) is 24.1 Å². The van der Waals surface area contributed by atoms with Crippen LogP contribution >= 0.6 is 0 Å². The molecule has 0 saturated heterocycles. The summed E-state index contributed by atoms with van der Waals surface area (Å²) in [5.74, 6) is 2.99. The van der Waals surface area contributed by atoms with Gasteiger partial charge >= 0.3 is 11.9 Å². The predicted molar refractivity (Wildman–Crippen MR) is 121 cm³/mol. The van der Waals surface area contributed by atoms with E-state index in [2.05, 4.69) is 33.4 Å². The van der Waals surface area contributed by atoms with Crippen molar-refractivity contribution in [3.05, 3.63) is 12.7 Å². The van der Waals surface area contributed by atoms with Crippen LogP contribution in [0, 0.1) is 46.3 Å². The normalized spacial score (nSPS) is 47.3. The first-order chi connectivity index (χ1) is 14.6. The zero-order chi connectivity index (χ0) is 22.6. The largest absolute Gasteiger partial charge is 0.463 e. The highest BCUT2D eigenvalue weighted by Crippen LogP contribution is 2.68. The van der Waals surface area contributed by atoms with E-state index in [-0.39, 0.29) is 29.6 Å². The molecule has 10 atom stereocenters. The van der Waals surface area contributed by atoms with Crippen molar-refractivity contribution in [1.29, 1.82) is 0 Å². The van der Waals surface area contributed by atoms with Gasteiger partial charge in [0.2, 0.25) is 0 Å². The van der Waals surface area contributed by atoms with E-state index >= 15 is 0 Å². The van der Waals surface area contributed by atoms with Crippen molar-refractivity contribution in [2.24, 2.45) is 46.3 Å². The first kappa shape index (κ1) is 22.9. The molecule has 0 amide bonds. The van der Waals surface area contributed by atoms with Crippen LogP contribution in [0.3, 0.4) is 0 Å². The summed E-state index contributed by atoms with van der Waals surface area (Å²) in [4.78, 5) is 23.7. The van der Waals surface area contributed by atoms with E-state index in [0.29, 0.717) is 40.9 Å². The van der Waals surface area contributed by atoms with Crippen LogP contribution in [0.2, 0.25) is 0 Å². The van der Waals surface area contributed by atoms with Gasteiger partial charge in [-0.3, -0.25) is 9.59 Å². The van der Waals surface area contributed by atoms with Gasteiger partial charge in [0.25, 0.3) is 0 Å². The van der Waals surface area contributed by atoms with E-state index in [1.165, 1.54) is 32.6 Å². The molecular weight excluding hydrogens is 388 g/mol. The maximum Gasteiger partial charge on any atom is 0.302 e. The van der Waals surface area contributed by atoms with Crippen LogP contribution in [0.5, 0.6) is 0 Å². The van der Waals surface area contributed by atoms with Crippen molar-refractivity contribution < 1.29 is 19.1 Å². The SMILES string of the molecule is C=C[C@@H](C)C1CCC2C3C(CC[C@@]21C)[C@@]1(C)CC[C@@H](OC(C)=O)C[C@H]1C[C@H]3OC(C)=O. The molecule has 4 fully saturated rings. The lowest BCUT2D eigenvalue weighted by molar-refractivity contribution is -0.196. The molecular formula is C27H42O4. The Labute approximate surface area is 188 Å². The molecule has 0 bridgehead atoms. The minimum atomic E-state index is -0.180. The number of allylic oxidation sites excluding steroid dienone is 1. The molecule has 4 nitrogen and oxygen atoms in total. The second-order valence-corrected chi connectivity index (χ2v) is 11.7. The van der Waals surface area contributed by atoms with E-state index in [4.69, 9.17) is 9.47 Å². The number of rotatable bonds is 4. The topological polar surface area (TPSA) is 52.6 Å². The zero-order valence-electron chi connectivity index (χ0n) is 20.2. The molecule has 0 aromatic heterocycles. The summed E-state index contributed by atoms with van der Waals surface area (Å²) < 4.78 is 11.7. The van der Waals surface area contributed by atoms with Gasteiger partial charge in [0, 0.05) is 19.8 Å². The molecule has 0 heterocycles. The fourth-order valence-electron chi connectivity index (χ4n) is 8.90. The lowest BCUT2D eigenvalue weighted by atomic mass is 9.43. The smallest absolute Gasteiger partial charge is 0.302 e. The second-order valence-electron chi connectivity index (χ2n) is 11.7. The van der Waals surface area contributed by atoms with Gasteiger partial charge in [0.1, 0.15) is 12.2 Å². The maximum absolute atomic E-state index is 12.1. The number of esters is 2. The average molecular weight is 431 g/mol. The van der Waals surface area contributed by atoms with Gasteiger partial charge in [-0.05, 0) is 91.8 Å². The highest BCUT2D eigenvalue weighted by Gasteiger charge is 2.63. The van der Waals surface area contributed by atoms with Crippen molar-refractivity contribution in [3.63, 3.8) is 0 Å². The summed E-state index contributed by atoms with van der Waals surface area (Å²) in [5.41, 5.74) is 0.562. The Morgan fingerprint density at radius 3 is 2.23 bits per heavy atom. The Hall–Kier alpha value is -1.32. The molecule has 4 heteroatoms. The monoisotopic (exact) mass is 430 g/mol. The molecule has 4 aliphatic carbocycles. The van der Waals surface area contributed by atoms with Crippen LogP contribution in [0.1, 0.15) is 86.0 Å². The van der Waals surface area contributed by atoms with Crippen molar-refractivity contribution in [2.75, 3.05) is 0 Å². The first-order valence-electron chi connectivity index (χ1n) is 12.6. The zero-order valence-corrected chi connectivity index (χ0v) is 20.2. The minimum absolute atomic E-state index is 0.000865. The van der Waals surface area contributed by atoms with Gasteiger partial charge in [-0.25, -0.2) is 0 Å². The molecule has 31 heavy (non-hydrogen) atoms. The number of fused-ring (bicyclic) bond motifs is 5.